The van der Waals surface area contributed by atoms with E-state index in [2.05, 4.69) is 30.5 Å². The molecule has 144 valence electrons. The molecule has 1 atom stereocenters. The molecular weight excluding hydrogens is 359 g/mol. The highest BCUT2D eigenvalue weighted by Crippen LogP contribution is 2.29. The molecule has 0 aliphatic carbocycles. The molecular formula is C20H21FN6O. The van der Waals surface area contributed by atoms with Gasteiger partial charge in [0.15, 0.2) is 0 Å². The van der Waals surface area contributed by atoms with E-state index in [4.69, 9.17) is 0 Å². The number of β-amino-alcohol motifs (C(OH)–C–C–N with tert-alkyl or cyclic N) is 1. The fourth-order valence-electron chi connectivity index (χ4n) is 3.05. The number of nitrogens with one attached hydrogen (secondary N) is 2. The van der Waals surface area contributed by atoms with Crippen LogP contribution in [0.5, 0.6) is 0 Å². The lowest BCUT2D eigenvalue weighted by molar-refractivity contribution is 0.142. The van der Waals surface area contributed by atoms with Crippen molar-refractivity contribution in [2.24, 2.45) is 0 Å². The molecule has 1 saturated heterocycles. The third kappa shape index (κ3) is 4.17. The number of anilines is 4. The van der Waals surface area contributed by atoms with Gasteiger partial charge in [-0.15, -0.1) is 0 Å². The highest BCUT2D eigenvalue weighted by molar-refractivity contribution is 5.65. The summed E-state index contributed by atoms with van der Waals surface area (Å²) in [4.78, 5) is 15.0. The molecule has 3 N–H and O–H groups in total. The zero-order valence-corrected chi connectivity index (χ0v) is 15.4. The van der Waals surface area contributed by atoms with E-state index in [-0.39, 0.29) is 18.0 Å². The van der Waals surface area contributed by atoms with Crippen LogP contribution in [0.4, 0.5) is 27.5 Å². The minimum atomic E-state index is -0.306. The van der Waals surface area contributed by atoms with Crippen LogP contribution in [-0.2, 0) is 0 Å². The van der Waals surface area contributed by atoms with Gasteiger partial charge < -0.3 is 20.6 Å². The Morgan fingerprint density at radius 3 is 2.54 bits per heavy atom. The van der Waals surface area contributed by atoms with Crippen LogP contribution >= 0.6 is 0 Å². The molecule has 0 amide bonds. The normalized spacial score (nSPS) is 15.0. The van der Waals surface area contributed by atoms with Gasteiger partial charge in [-0.25, -0.2) is 14.4 Å². The van der Waals surface area contributed by atoms with Crippen molar-refractivity contribution in [1.82, 2.24) is 15.0 Å². The fraction of sp³-hybridized carbons (Fsp3) is 0.250. The van der Waals surface area contributed by atoms with Gasteiger partial charge in [0.1, 0.15) is 23.3 Å². The van der Waals surface area contributed by atoms with E-state index in [9.17, 15) is 9.50 Å². The maximum atomic E-state index is 13.2. The average Bonchev–Trinajstić information content (AvgIpc) is 2.66. The number of hydrogen-bond acceptors (Lipinski definition) is 7. The van der Waals surface area contributed by atoms with Gasteiger partial charge in [0.2, 0.25) is 0 Å². The van der Waals surface area contributed by atoms with Crippen LogP contribution in [-0.4, -0.2) is 39.3 Å². The predicted octanol–water partition coefficient (Wildman–Crippen LogP) is 3.11. The molecule has 3 heterocycles. The largest absolute Gasteiger partial charge is 0.389 e. The van der Waals surface area contributed by atoms with E-state index in [1.165, 1.54) is 12.1 Å². The van der Waals surface area contributed by atoms with Crippen molar-refractivity contribution in [3.63, 3.8) is 0 Å². The Hall–Kier alpha value is -3.26. The quantitative estimate of drug-likeness (QED) is 0.606. The van der Waals surface area contributed by atoms with Crippen molar-refractivity contribution in [2.75, 3.05) is 28.6 Å². The van der Waals surface area contributed by atoms with Crippen LogP contribution in [0, 0.1) is 5.82 Å². The first-order valence-corrected chi connectivity index (χ1v) is 9.07. The number of rotatable bonds is 6. The van der Waals surface area contributed by atoms with Gasteiger partial charge in [-0.3, -0.25) is 4.98 Å². The number of aliphatic hydroxyl groups excluding tert-OH is 1. The van der Waals surface area contributed by atoms with Crippen molar-refractivity contribution in [2.45, 2.75) is 19.1 Å². The summed E-state index contributed by atoms with van der Waals surface area (Å²) in [7, 11) is 0. The van der Waals surface area contributed by atoms with Crippen molar-refractivity contribution >= 4 is 23.1 Å². The first kappa shape index (κ1) is 18.1. The molecule has 0 saturated carbocycles. The number of aliphatic hydroxyl groups is 1. The Balaban J connectivity index is 1.58. The zero-order valence-electron chi connectivity index (χ0n) is 15.4. The summed E-state index contributed by atoms with van der Waals surface area (Å²) in [6.07, 6.45) is 4.52. The summed E-state index contributed by atoms with van der Waals surface area (Å²) in [5.74, 6) is 1.62. The standard InChI is InChI=1S/C20H21FN6O/c1-13(14-2-4-15(21)5-3-14)24-18-8-16(27-11-17(28)12-27)9-19(25-18)26-20-10-22-6-7-23-20/h2-10,13,17,28H,11-12H2,1H3,(H2,23,24,25,26). The maximum absolute atomic E-state index is 13.2. The van der Waals surface area contributed by atoms with Gasteiger partial charge in [0.25, 0.3) is 0 Å². The van der Waals surface area contributed by atoms with Crippen LogP contribution in [0.1, 0.15) is 18.5 Å². The second kappa shape index (κ2) is 7.77. The molecule has 3 aromatic rings. The molecule has 1 fully saturated rings. The van der Waals surface area contributed by atoms with Crippen LogP contribution in [0.2, 0.25) is 0 Å². The zero-order chi connectivity index (χ0) is 19.5. The molecule has 0 bridgehead atoms. The van der Waals surface area contributed by atoms with Crippen molar-refractivity contribution in [3.8, 4) is 0 Å². The summed E-state index contributed by atoms with van der Waals surface area (Å²) in [6, 6.07) is 10.2. The van der Waals surface area contributed by atoms with Gasteiger partial charge in [0, 0.05) is 49.3 Å². The lowest BCUT2D eigenvalue weighted by Crippen LogP contribution is -2.50. The maximum Gasteiger partial charge on any atom is 0.150 e. The van der Waals surface area contributed by atoms with E-state index >= 15 is 0 Å². The van der Waals surface area contributed by atoms with Crippen molar-refractivity contribution < 1.29 is 9.50 Å². The Kier molecular flexibility index (Phi) is 5.03. The second-order valence-corrected chi connectivity index (χ2v) is 6.79. The minimum absolute atomic E-state index is 0.0605. The number of benzene rings is 1. The third-order valence-corrected chi connectivity index (χ3v) is 4.59. The highest BCUT2D eigenvalue weighted by Gasteiger charge is 2.25. The van der Waals surface area contributed by atoms with E-state index in [0.29, 0.717) is 30.5 Å². The smallest absolute Gasteiger partial charge is 0.150 e. The highest BCUT2D eigenvalue weighted by atomic mass is 19.1. The first-order chi connectivity index (χ1) is 13.6. The molecule has 7 nitrogen and oxygen atoms in total. The van der Waals surface area contributed by atoms with Crippen molar-refractivity contribution in [3.05, 3.63) is 66.4 Å². The molecule has 0 spiro atoms. The summed E-state index contributed by atoms with van der Waals surface area (Å²) >= 11 is 0. The molecule has 4 rings (SSSR count). The summed E-state index contributed by atoms with van der Waals surface area (Å²) in [5, 5.41) is 16.1. The van der Waals surface area contributed by atoms with Gasteiger partial charge >= 0.3 is 0 Å². The summed E-state index contributed by atoms with van der Waals surface area (Å²) in [6.45, 7) is 3.16. The Labute approximate surface area is 162 Å². The van der Waals surface area contributed by atoms with Crippen molar-refractivity contribution in [1.29, 1.82) is 0 Å². The molecule has 2 aromatic heterocycles. The van der Waals surface area contributed by atoms with Gasteiger partial charge in [-0.1, -0.05) is 12.1 Å². The average molecular weight is 380 g/mol. The SMILES string of the molecule is CC(Nc1cc(N2CC(O)C2)cc(Nc2cnccn2)n1)c1ccc(F)cc1. The van der Waals surface area contributed by atoms with Gasteiger partial charge in [0.05, 0.1) is 12.3 Å². The Morgan fingerprint density at radius 2 is 1.86 bits per heavy atom. The third-order valence-electron chi connectivity index (χ3n) is 4.59. The summed E-state index contributed by atoms with van der Waals surface area (Å²) < 4.78 is 13.2. The minimum Gasteiger partial charge on any atom is -0.389 e. The fourth-order valence-corrected chi connectivity index (χ4v) is 3.05. The number of hydrogen-bond donors (Lipinski definition) is 3. The Bertz CT molecular complexity index is 931. The summed E-state index contributed by atoms with van der Waals surface area (Å²) in [5.41, 5.74) is 1.90. The van der Waals surface area contributed by atoms with Gasteiger partial charge in [-0.05, 0) is 24.6 Å². The molecule has 1 unspecified atom stereocenters. The van der Waals surface area contributed by atoms with E-state index in [1.807, 2.05) is 19.1 Å². The lowest BCUT2D eigenvalue weighted by Gasteiger charge is -2.38. The van der Waals surface area contributed by atoms with Gasteiger partial charge in [-0.2, -0.15) is 0 Å². The topological polar surface area (TPSA) is 86.2 Å². The molecule has 1 aromatic carbocycles. The monoisotopic (exact) mass is 380 g/mol. The predicted molar refractivity (Wildman–Crippen MR) is 106 cm³/mol. The van der Waals surface area contributed by atoms with E-state index in [0.717, 1.165) is 11.3 Å². The number of aromatic nitrogens is 3. The Morgan fingerprint density at radius 1 is 1.11 bits per heavy atom. The van der Waals surface area contributed by atoms with Crippen LogP contribution in [0.3, 0.4) is 0 Å². The molecule has 0 radical (unpaired) electrons. The van der Waals surface area contributed by atoms with Crippen LogP contribution < -0.4 is 15.5 Å². The second-order valence-electron chi connectivity index (χ2n) is 6.79. The molecule has 1 aliphatic heterocycles. The van der Waals surface area contributed by atoms with Crippen LogP contribution in [0.15, 0.2) is 55.0 Å². The molecule has 1 aliphatic rings. The van der Waals surface area contributed by atoms with E-state index in [1.54, 1.807) is 30.7 Å². The van der Waals surface area contributed by atoms with E-state index < -0.39 is 0 Å². The number of nitrogens with zero attached hydrogens (tertiary/aromatic N) is 4. The van der Waals surface area contributed by atoms with Crippen LogP contribution in [0.25, 0.3) is 0 Å². The molecule has 28 heavy (non-hydrogen) atoms. The first-order valence-electron chi connectivity index (χ1n) is 9.07. The number of pyridine rings is 1. The molecule has 8 heteroatoms. The lowest BCUT2D eigenvalue weighted by atomic mass is 10.1. The number of halogens is 1.